The summed E-state index contributed by atoms with van der Waals surface area (Å²) in [6, 6.07) is 4.49. The summed E-state index contributed by atoms with van der Waals surface area (Å²) in [5, 5.41) is 10.2. The molecule has 0 aromatic carbocycles. The van der Waals surface area contributed by atoms with E-state index < -0.39 is 0 Å². The molecule has 2 nitrogen and oxygen atoms in total. The van der Waals surface area contributed by atoms with Crippen LogP contribution in [0.15, 0.2) is 18.5 Å². The molecule has 2 rings (SSSR count). The number of hydrogen-bond donors (Lipinski definition) is 0. The number of nitriles is 1. The fourth-order valence-electron chi connectivity index (χ4n) is 2.65. The monoisotopic (exact) mass is 248 g/mol. The summed E-state index contributed by atoms with van der Waals surface area (Å²) in [6.07, 6.45) is 11.0. The molecule has 1 aromatic heterocycles. The van der Waals surface area contributed by atoms with Crippen LogP contribution in [-0.4, -0.2) is 4.98 Å². The van der Waals surface area contributed by atoms with Crippen molar-refractivity contribution in [3.8, 4) is 6.07 Å². The van der Waals surface area contributed by atoms with Gasteiger partial charge in [-0.25, -0.2) is 0 Å². The molecular weight excluding hydrogens is 232 g/mol. The molecule has 0 unspecified atom stereocenters. The van der Waals surface area contributed by atoms with E-state index in [2.05, 4.69) is 11.1 Å². The summed E-state index contributed by atoms with van der Waals surface area (Å²) < 4.78 is 0. The van der Waals surface area contributed by atoms with Crippen molar-refractivity contribution in [2.75, 3.05) is 0 Å². The molecule has 17 heavy (non-hydrogen) atoms. The van der Waals surface area contributed by atoms with Gasteiger partial charge in [0.05, 0.1) is 16.5 Å². The largest absolute Gasteiger partial charge is 0.263 e. The highest BCUT2D eigenvalue weighted by Gasteiger charge is 2.31. The van der Waals surface area contributed by atoms with Crippen LogP contribution >= 0.6 is 11.6 Å². The normalized spacial score (nSPS) is 19.3. The van der Waals surface area contributed by atoms with Crippen molar-refractivity contribution < 1.29 is 0 Å². The molecule has 1 aromatic rings. The fourth-order valence-corrected chi connectivity index (χ4v) is 2.83. The van der Waals surface area contributed by atoms with Crippen LogP contribution in [0.5, 0.6) is 0 Å². The maximum atomic E-state index is 9.51. The fraction of sp³-hybridized carbons (Fsp3) is 0.571. The first kappa shape index (κ1) is 12.4. The lowest BCUT2D eigenvalue weighted by atomic mass is 9.77. The Morgan fingerprint density at radius 3 is 2.59 bits per heavy atom. The lowest BCUT2D eigenvalue weighted by molar-refractivity contribution is 0.339. The third kappa shape index (κ3) is 2.98. The van der Waals surface area contributed by atoms with Crippen molar-refractivity contribution in [3.63, 3.8) is 0 Å². The SMILES string of the molecule is N#CC1(Cc2ccncc2Cl)CCCCCC1. The van der Waals surface area contributed by atoms with Gasteiger partial charge in [-0.05, 0) is 30.9 Å². The van der Waals surface area contributed by atoms with Gasteiger partial charge in [0.1, 0.15) is 0 Å². The maximum absolute atomic E-state index is 9.51. The molecule has 0 radical (unpaired) electrons. The van der Waals surface area contributed by atoms with Crippen LogP contribution < -0.4 is 0 Å². The number of halogens is 1. The Labute approximate surface area is 108 Å². The summed E-state index contributed by atoms with van der Waals surface area (Å²) in [7, 11) is 0. The van der Waals surface area contributed by atoms with Gasteiger partial charge in [-0.1, -0.05) is 37.3 Å². The molecule has 1 aliphatic rings. The zero-order valence-corrected chi connectivity index (χ0v) is 10.7. The Bertz CT molecular complexity index is 414. The van der Waals surface area contributed by atoms with E-state index in [9.17, 15) is 5.26 Å². The predicted octanol–water partition coefficient (Wildman–Crippen LogP) is 4.14. The molecule has 0 amide bonds. The number of nitrogens with zero attached hydrogens (tertiary/aromatic N) is 2. The van der Waals surface area contributed by atoms with Gasteiger partial charge in [-0.3, -0.25) is 4.98 Å². The van der Waals surface area contributed by atoms with E-state index in [1.54, 1.807) is 12.4 Å². The second-order valence-corrected chi connectivity index (χ2v) is 5.36. The Hall–Kier alpha value is -1.07. The highest BCUT2D eigenvalue weighted by molar-refractivity contribution is 6.31. The zero-order chi connectivity index (χ0) is 12.1. The molecule has 1 saturated carbocycles. The summed E-state index contributed by atoms with van der Waals surface area (Å²) in [4.78, 5) is 3.99. The molecule has 1 aliphatic carbocycles. The molecule has 0 bridgehead atoms. The van der Waals surface area contributed by atoms with Crippen molar-refractivity contribution >= 4 is 11.6 Å². The van der Waals surface area contributed by atoms with Gasteiger partial charge in [0.2, 0.25) is 0 Å². The van der Waals surface area contributed by atoms with Crippen LogP contribution in [0.25, 0.3) is 0 Å². The van der Waals surface area contributed by atoms with E-state index in [1.807, 2.05) is 6.07 Å². The van der Waals surface area contributed by atoms with Crippen molar-refractivity contribution in [1.29, 1.82) is 5.26 Å². The first-order valence-corrected chi connectivity index (χ1v) is 6.63. The molecule has 0 atom stereocenters. The van der Waals surface area contributed by atoms with Gasteiger partial charge in [0, 0.05) is 12.4 Å². The van der Waals surface area contributed by atoms with Gasteiger partial charge in [-0.2, -0.15) is 5.26 Å². The lowest BCUT2D eigenvalue weighted by Crippen LogP contribution is -2.21. The van der Waals surface area contributed by atoms with E-state index in [4.69, 9.17) is 11.6 Å². The summed E-state index contributed by atoms with van der Waals surface area (Å²) in [5.74, 6) is 0. The first-order chi connectivity index (χ1) is 8.26. The molecule has 0 spiro atoms. The van der Waals surface area contributed by atoms with Gasteiger partial charge >= 0.3 is 0 Å². The second-order valence-electron chi connectivity index (χ2n) is 4.95. The van der Waals surface area contributed by atoms with Gasteiger partial charge in [0.15, 0.2) is 0 Å². The minimum atomic E-state index is -0.207. The first-order valence-electron chi connectivity index (χ1n) is 6.25. The number of hydrogen-bond acceptors (Lipinski definition) is 2. The third-order valence-corrected chi connectivity index (χ3v) is 4.02. The quantitative estimate of drug-likeness (QED) is 0.738. The Morgan fingerprint density at radius 2 is 2.00 bits per heavy atom. The standard InChI is InChI=1S/C14H17ClN2/c15-13-10-17-8-5-12(13)9-14(11-16)6-3-1-2-4-7-14/h5,8,10H,1-4,6-7,9H2. The summed E-state index contributed by atoms with van der Waals surface area (Å²) >= 11 is 6.13. The van der Waals surface area contributed by atoms with Crippen molar-refractivity contribution in [2.45, 2.75) is 44.9 Å². The van der Waals surface area contributed by atoms with Crippen molar-refractivity contribution in [3.05, 3.63) is 29.0 Å². The van der Waals surface area contributed by atoms with Crippen LogP contribution in [0.4, 0.5) is 0 Å². The van der Waals surface area contributed by atoms with Crippen molar-refractivity contribution in [1.82, 2.24) is 4.98 Å². The highest BCUT2D eigenvalue weighted by Crippen LogP contribution is 2.38. The van der Waals surface area contributed by atoms with E-state index in [1.165, 1.54) is 12.8 Å². The number of aromatic nitrogens is 1. The van der Waals surface area contributed by atoms with E-state index in [-0.39, 0.29) is 5.41 Å². The van der Waals surface area contributed by atoms with Crippen LogP contribution in [0, 0.1) is 16.7 Å². The third-order valence-electron chi connectivity index (χ3n) is 3.68. The molecule has 0 aliphatic heterocycles. The highest BCUT2D eigenvalue weighted by atomic mass is 35.5. The van der Waals surface area contributed by atoms with E-state index >= 15 is 0 Å². The second kappa shape index (κ2) is 5.51. The van der Waals surface area contributed by atoms with E-state index in [0.717, 1.165) is 37.7 Å². The molecule has 0 N–H and O–H groups in total. The average Bonchev–Trinajstić information content (AvgIpc) is 2.58. The van der Waals surface area contributed by atoms with Crippen LogP contribution in [0.1, 0.15) is 44.1 Å². The molecule has 0 saturated heterocycles. The van der Waals surface area contributed by atoms with Crippen LogP contribution in [0.2, 0.25) is 5.02 Å². The topological polar surface area (TPSA) is 36.7 Å². The summed E-state index contributed by atoms with van der Waals surface area (Å²) in [5.41, 5.74) is 0.853. The van der Waals surface area contributed by atoms with Crippen molar-refractivity contribution in [2.24, 2.45) is 5.41 Å². The zero-order valence-electron chi connectivity index (χ0n) is 9.95. The Kier molecular flexibility index (Phi) is 4.02. The molecule has 90 valence electrons. The average molecular weight is 249 g/mol. The lowest BCUT2D eigenvalue weighted by Gasteiger charge is -2.25. The smallest absolute Gasteiger partial charge is 0.0693 e. The number of pyridine rings is 1. The van der Waals surface area contributed by atoms with E-state index in [0.29, 0.717) is 5.02 Å². The summed E-state index contributed by atoms with van der Waals surface area (Å²) in [6.45, 7) is 0. The Balaban J connectivity index is 2.19. The van der Waals surface area contributed by atoms with Crippen LogP contribution in [-0.2, 0) is 6.42 Å². The Morgan fingerprint density at radius 1 is 1.29 bits per heavy atom. The molecule has 3 heteroatoms. The molecular formula is C14H17ClN2. The number of rotatable bonds is 2. The van der Waals surface area contributed by atoms with Gasteiger partial charge < -0.3 is 0 Å². The van der Waals surface area contributed by atoms with Crippen LogP contribution in [0.3, 0.4) is 0 Å². The molecule has 1 heterocycles. The minimum absolute atomic E-state index is 0.207. The minimum Gasteiger partial charge on any atom is -0.263 e. The van der Waals surface area contributed by atoms with Gasteiger partial charge in [0.25, 0.3) is 0 Å². The predicted molar refractivity (Wildman–Crippen MR) is 68.7 cm³/mol. The molecule has 1 fully saturated rings. The van der Waals surface area contributed by atoms with Gasteiger partial charge in [-0.15, -0.1) is 0 Å². The maximum Gasteiger partial charge on any atom is 0.0693 e.